The van der Waals surface area contributed by atoms with Gasteiger partial charge in [0.2, 0.25) is 0 Å². The molecule has 0 aliphatic carbocycles. The lowest BCUT2D eigenvalue weighted by molar-refractivity contribution is 0.483. The van der Waals surface area contributed by atoms with Crippen LogP contribution in [0.3, 0.4) is 0 Å². The number of nitrogens with zero attached hydrogens (tertiary/aromatic N) is 4. The molecule has 4 rings (SSSR count). The minimum absolute atomic E-state index is 0.796. The van der Waals surface area contributed by atoms with E-state index in [9.17, 15) is 0 Å². The van der Waals surface area contributed by atoms with Gasteiger partial charge >= 0.3 is 0 Å². The van der Waals surface area contributed by atoms with Gasteiger partial charge in [0.15, 0.2) is 0 Å². The van der Waals surface area contributed by atoms with E-state index in [-0.39, 0.29) is 0 Å². The predicted octanol–water partition coefficient (Wildman–Crippen LogP) is 10.2. The average molecular weight is 551 g/mol. The van der Waals surface area contributed by atoms with Crippen LogP contribution in [0.2, 0.25) is 0 Å². The van der Waals surface area contributed by atoms with Gasteiger partial charge in [0.25, 0.3) is 0 Å². The Morgan fingerprint density at radius 3 is 1.12 bits per heavy atom. The maximum Gasteiger partial charge on any atom is 0.128 e. The molecule has 0 bridgehead atoms. The highest BCUT2D eigenvalue weighted by molar-refractivity contribution is 5.63. The third kappa shape index (κ3) is 10.4. The zero-order valence-electron chi connectivity index (χ0n) is 25.0. The second-order valence-electron chi connectivity index (χ2n) is 11.0. The highest BCUT2D eigenvalue weighted by Gasteiger charge is 2.05. The molecule has 216 valence electrons. The largest absolute Gasteiger partial charge is 0.457 e. The highest BCUT2D eigenvalue weighted by atomic mass is 16.5. The molecule has 0 radical (unpaired) electrons. The summed E-state index contributed by atoms with van der Waals surface area (Å²) in [6.45, 7) is 4.50. The van der Waals surface area contributed by atoms with Crippen LogP contribution in [0.1, 0.15) is 103 Å². The fraction of sp³-hybridized carbons (Fsp3) is 0.444. The molecule has 0 atom stereocenters. The molecule has 0 aliphatic heterocycles. The highest BCUT2D eigenvalue weighted by Crippen LogP contribution is 2.27. The third-order valence-corrected chi connectivity index (χ3v) is 7.53. The van der Waals surface area contributed by atoms with Crippen molar-refractivity contribution in [3.05, 3.63) is 85.0 Å². The Morgan fingerprint density at radius 1 is 0.415 bits per heavy atom. The van der Waals surface area contributed by atoms with E-state index in [1.165, 1.54) is 64.2 Å². The molecule has 0 spiro atoms. The molecule has 2 heterocycles. The van der Waals surface area contributed by atoms with Gasteiger partial charge in [-0.15, -0.1) is 0 Å². The molecule has 0 aliphatic rings. The number of benzene rings is 2. The number of ether oxygens (including phenoxy) is 1. The molecule has 0 saturated carbocycles. The lowest BCUT2D eigenvalue weighted by Crippen LogP contribution is -1.95. The van der Waals surface area contributed by atoms with Gasteiger partial charge in [-0.3, -0.25) is 0 Å². The second kappa shape index (κ2) is 17.3. The number of aromatic nitrogens is 4. The van der Waals surface area contributed by atoms with Gasteiger partial charge < -0.3 is 4.74 Å². The molecule has 4 aromatic rings. The summed E-state index contributed by atoms with van der Waals surface area (Å²) >= 11 is 0. The van der Waals surface area contributed by atoms with Crippen LogP contribution in [0.4, 0.5) is 0 Å². The summed E-state index contributed by atoms with van der Waals surface area (Å²) < 4.78 is 6.09. The number of rotatable bonds is 18. The molecule has 2 aromatic carbocycles. The number of hydrogen-bond donors (Lipinski definition) is 0. The molecule has 41 heavy (non-hydrogen) atoms. The molecule has 5 heteroatoms. The molecule has 0 N–H and O–H groups in total. The molecular weight excluding hydrogens is 504 g/mol. The van der Waals surface area contributed by atoms with Gasteiger partial charge in [-0.25, -0.2) is 19.9 Å². The molecular formula is C36H46N4O. The fourth-order valence-corrected chi connectivity index (χ4v) is 4.96. The van der Waals surface area contributed by atoms with Crippen molar-refractivity contribution in [2.45, 2.75) is 104 Å². The lowest BCUT2D eigenvalue weighted by Gasteiger charge is -2.09. The molecule has 2 aromatic heterocycles. The monoisotopic (exact) mass is 550 g/mol. The van der Waals surface area contributed by atoms with Crippen LogP contribution in [-0.4, -0.2) is 19.9 Å². The summed E-state index contributed by atoms with van der Waals surface area (Å²) in [5.41, 5.74) is 4.21. The molecule has 0 fully saturated rings. The van der Waals surface area contributed by atoms with E-state index in [1.54, 1.807) is 0 Å². The Morgan fingerprint density at radius 2 is 0.756 bits per heavy atom. The summed E-state index contributed by atoms with van der Waals surface area (Å²) in [6.07, 6.45) is 25.0. The van der Waals surface area contributed by atoms with Gasteiger partial charge in [-0.1, -0.05) is 102 Å². The summed E-state index contributed by atoms with van der Waals surface area (Å²) in [5, 5.41) is 0. The smallest absolute Gasteiger partial charge is 0.128 e. The standard InChI is InChI=1S/C36H46N4O/c1-3-5-7-9-11-13-15-35-37-25-31(26-38-35)29-17-21-33(22-18-29)41-34-23-19-30(20-24-34)32-27-39-36(40-28-32)16-14-12-10-8-6-4-2/h17-28H,3-16H2,1-2H3. The van der Waals surface area contributed by atoms with E-state index in [0.29, 0.717) is 0 Å². The van der Waals surface area contributed by atoms with Gasteiger partial charge in [0.1, 0.15) is 23.1 Å². The van der Waals surface area contributed by atoms with Crippen molar-refractivity contribution in [1.82, 2.24) is 19.9 Å². The number of unbranched alkanes of at least 4 members (excludes halogenated alkanes) is 10. The Bertz CT molecular complexity index is 1150. The topological polar surface area (TPSA) is 60.8 Å². The molecule has 5 nitrogen and oxygen atoms in total. The Hall–Kier alpha value is -3.60. The van der Waals surface area contributed by atoms with Crippen LogP contribution >= 0.6 is 0 Å². The second-order valence-corrected chi connectivity index (χ2v) is 11.0. The van der Waals surface area contributed by atoms with Crippen LogP contribution in [0.15, 0.2) is 73.3 Å². The number of hydrogen-bond acceptors (Lipinski definition) is 5. The molecule has 0 amide bonds. The first-order valence-electron chi connectivity index (χ1n) is 15.8. The van der Waals surface area contributed by atoms with Crippen molar-refractivity contribution in [2.24, 2.45) is 0 Å². The quantitative estimate of drug-likeness (QED) is 0.115. The van der Waals surface area contributed by atoms with Crippen molar-refractivity contribution in [2.75, 3.05) is 0 Å². The minimum Gasteiger partial charge on any atom is -0.457 e. The maximum absolute atomic E-state index is 6.09. The summed E-state index contributed by atoms with van der Waals surface area (Å²) in [4.78, 5) is 18.4. The lowest BCUT2D eigenvalue weighted by atomic mass is 10.1. The average Bonchev–Trinajstić information content (AvgIpc) is 3.02. The fourth-order valence-electron chi connectivity index (χ4n) is 4.96. The van der Waals surface area contributed by atoms with E-state index in [0.717, 1.165) is 71.1 Å². The zero-order chi connectivity index (χ0) is 28.5. The number of aryl methyl sites for hydroxylation is 2. The van der Waals surface area contributed by atoms with E-state index in [4.69, 9.17) is 4.74 Å². The van der Waals surface area contributed by atoms with Crippen molar-refractivity contribution < 1.29 is 4.74 Å². The van der Waals surface area contributed by atoms with E-state index in [2.05, 4.69) is 58.0 Å². The van der Waals surface area contributed by atoms with Crippen LogP contribution in [0.25, 0.3) is 22.3 Å². The van der Waals surface area contributed by atoms with Gasteiger partial charge in [0, 0.05) is 48.8 Å². The van der Waals surface area contributed by atoms with Crippen LogP contribution in [0.5, 0.6) is 11.5 Å². The third-order valence-electron chi connectivity index (χ3n) is 7.53. The molecule has 0 unspecified atom stereocenters. The maximum atomic E-state index is 6.09. The summed E-state index contributed by atoms with van der Waals surface area (Å²) in [7, 11) is 0. The van der Waals surface area contributed by atoms with E-state index in [1.807, 2.05) is 49.1 Å². The van der Waals surface area contributed by atoms with E-state index >= 15 is 0 Å². The first-order valence-corrected chi connectivity index (χ1v) is 15.8. The SMILES string of the molecule is CCCCCCCCc1ncc(-c2ccc(Oc3ccc(-c4cnc(CCCCCCCC)nc4)cc3)cc2)cn1. The molecule has 0 saturated heterocycles. The summed E-state index contributed by atoms with van der Waals surface area (Å²) in [6, 6.07) is 16.2. The van der Waals surface area contributed by atoms with Gasteiger partial charge in [-0.05, 0) is 48.2 Å². The van der Waals surface area contributed by atoms with Gasteiger partial charge in [0.05, 0.1) is 0 Å². The van der Waals surface area contributed by atoms with Crippen molar-refractivity contribution in [3.8, 4) is 33.8 Å². The Kier molecular flexibility index (Phi) is 12.8. The van der Waals surface area contributed by atoms with Crippen LogP contribution < -0.4 is 4.74 Å². The first-order chi connectivity index (χ1) is 20.2. The Labute approximate surface area is 246 Å². The van der Waals surface area contributed by atoms with Gasteiger partial charge in [-0.2, -0.15) is 0 Å². The van der Waals surface area contributed by atoms with E-state index < -0.39 is 0 Å². The van der Waals surface area contributed by atoms with Crippen molar-refractivity contribution in [3.63, 3.8) is 0 Å². The summed E-state index contributed by atoms with van der Waals surface area (Å²) in [5.74, 6) is 3.46. The van der Waals surface area contributed by atoms with Crippen molar-refractivity contribution >= 4 is 0 Å². The van der Waals surface area contributed by atoms with Crippen LogP contribution in [-0.2, 0) is 12.8 Å². The zero-order valence-corrected chi connectivity index (χ0v) is 25.0. The predicted molar refractivity (Wildman–Crippen MR) is 169 cm³/mol. The first kappa shape index (κ1) is 30.4. The van der Waals surface area contributed by atoms with Crippen molar-refractivity contribution in [1.29, 1.82) is 0 Å². The minimum atomic E-state index is 0.796. The normalized spacial score (nSPS) is 11.1. The van der Waals surface area contributed by atoms with Crippen LogP contribution in [0, 0.1) is 0 Å². The Balaban J connectivity index is 1.23.